The molecule has 1 aromatic heterocycles. The van der Waals surface area contributed by atoms with Crippen molar-refractivity contribution in [2.75, 3.05) is 6.54 Å². The molecule has 3 rings (SSSR count). The van der Waals surface area contributed by atoms with Crippen LogP contribution >= 0.6 is 0 Å². The summed E-state index contributed by atoms with van der Waals surface area (Å²) < 4.78 is 1.94. The number of aliphatic hydroxyl groups excluding tert-OH is 1. The number of hydrogen-bond donors (Lipinski definition) is 3. The number of aliphatic hydroxyl groups is 1. The molecular formula is C19H26N4O2. The summed E-state index contributed by atoms with van der Waals surface area (Å²) in [6.45, 7) is 0.236. The topological polar surface area (TPSA) is 79.2 Å². The van der Waals surface area contributed by atoms with Gasteiger partial charge in [-0.15, -0.1) is 0 Å². The van der Waals surface area contributed by atoms with E-state index in [1.54, 1.807) is 6.20 Å². The molecule has 1 aliphatic rings. The fourth-order valence-corrected chi connectivity index (χ4v) is 3.46. The molecule has 0 radical (unpaired) electrons. The lowest BCUT2D eigenvalue weighted by Gasteiger charge is -2.32. The van der Waals surface area contributed by atoms with Crippen molar-refractivity contribution in [2.24, 2.45) is 0 Å². The first-order valence-electron chi connectivity index (χ1n) is 8.98. The Balaban J connectivity index is 1.46. The Hall–Kier alpha value is -2.34. The van der Waals surface area contributed by atoms with Crippen molar-refractivity contribution in [1.29, 1.82) is 0 Å². The van der Waals surface area contributed by atoms with Crippen LogP contribution in [0.3, 0.4) is 0 Å². The summed E-state index contributed by atoms with van der Waals surface area (Å²) in [6.07, 6.45) is 7.88. The maximum Gasteiger partial charge on any atom is 0.315 e. The predicted octanol–water partition coefficient (Wildman–Crippen LogP) is 2.27. The van der Waals surface area contributed by atoms with Gasteiger partial charge in [0, 0.05) is 25.4 Å². The second kappa shape index (κ2) is 8.67. The van der Waals surface area contributed by atoms with E-state index in [0.717, 1.165) is 31.2 Å². The molecule has 1 saturated carbocycles. The zero-order valence-electron chi connectivity index (χ0n) is 14.3. The van der Waals surface area contributed by atoms with Crippen molar-refractivity contribution >= 4 is 6.03 Å². The normalized spacial score (nSPS) is 21.5. The molecule has 25 heavy (non-hydrogen) atoms. The molecule has 1 aliphatic carbocycles. The fourth-order valence-electron chi connectivity index (χ4n) is 3.46. The van der Waals surface area contributed by atoms with Crippen LogP contribution in [0, 0.1) is 0 Å². The highest BCUT2D eigenvalue weighted by atomic mass is 16.3. The third-order valence-electron chi connectivity index (χ3n) is 4.72. The van der Waals surface area contributed by atoms with E-state index in [4.69, 9.17) is 0 Å². The lowest BCUT2D eigenvalue weighted by molar-refractivity contribution is 0.167. The smallest absolute Gasteiger partial charge is 0.315 e. The van der Waals surface area contributed by atoms with Crippen molar-refractivity contribution in [1.82, 2.24) is 20.4 Å². The largest absolute Gasteiger partial charge is 0.391 e. The van der Waals surface area contributed by atoms with Gasteiger partial charge in [0.05, 0.1) is 18.2 Å². The maximum absolute atomic E-state index is 12.2. The average Bonchev–Trinajstić information content (AvgIpc) is 3.16. The Bertz CT molecular complexity index is 645. The molecule has 3 atom stereocenters. The molecule has 0 unspecified atom stereocenters. The number of carbonyl (C=O) groups is 1. The van der Waals surface area contributed by atoms with Crippen LogP contribution < -0.4 is 10.6 Å². The summed E-state index contributed by atoms with van der Waals surface area (Å²) in [5.74, 6) is 0. The van der Waals surface area contributed by atoms with E-state index >= 15 is 0 Å². The van der Waals surface area contributed by atoms with E-state index in [1.807, 2.05) is 47.3 Å². The fraction of sp³-hybridized carbons (Fsp3) is 0.474. The Morgan fingerprint density at radius 2 is 2.04 bits per heavy atom. The molecule has 2 amide bonds. The van der Waals surface area contributed by atoms with Crippen LogP contribution in [0.15, 0.2) is 48.8 Å². The van der Waals surface area contributed by atoms with Gasteiger partial charge in [-0.3, -0.25) is 4.68 Å². The SMILES string of the molecule is O=C(NC[C@H](O)Cc1ccccc1)N[C@H]1CCCC[C@H]1n1cccn1. The lowest BCUT2D eigenvalue weighted by atomic mass is 9.90. The number of benzene rings is 1. The summed E-state index contributed by atoms with van der Waals surface area (Å²) in [5, 5.41) is 20.3. The molecule has 0 aliphatic heterocycles. The highest BCUT2D eigenvalue weighted by Crippen LogP contribution is 2.27. The summed E-state index contributed by atoms with van der Waals surface area (Å²) >= 11 is 0. The van der Waals surface area contributed by atoms with Crippen LogP contribution in [0.5, 0.6) is 0 Å². The van der Waals surface area contributed by atoms with E-state index in [2.05, 4.69) is 15.7 Å². The first kappa shape index (κ1) is 17.5. The molecule has 6 heteroatoms. The van der Waals surface area contributed by atoms with Crippen molar-refractivity contribution in [3.8, 4) is 0 Å². The van der Waals surface area contributed by atoms with Gasteiger partial charge in [0.1, 0.15) is 0 Å². The molecule has 3 N–H and O–H groups in total. The minimum absolute atomic E-state index is 0.0694. The molecule has 0 saturated heterocycles. The molecule has 2 aromatic rings. The molecular weight excluding hydrogens is 316 g/mol. The number of aromatic nitrogens is 2. The summed E-state index contributed by atoms with van der Waals surface area (Å²) in [5.41, 5.74) is 1.06. The van der Waals surface area contributed by atoms with Gasteiger partial charge in [-0.1, -0.05) is 43.2 Å². The number of carbonyl (C=O) groups excluding carboxylic acids is 1. The van der Waals surface area contributed by atoms with Crippen molar-refractivity contribution in [2.45, 2.75) is 50.3 Å². The van der Waals surface area contributed by atoms with Crippen LogP contribution in [0.2, 0.25) is 0 Å². The highest BCUT2D eigenvalue weighted by molar-refractivity contribution is 5.74. The van der Waals surface area contributed by atoms with Gasteiger partial charge in [-0.2, -0.15) is 5.10 Å². The molecule has 1 aromatic carbocycles. The highest BCUT2D eigenvalue weighted by Gasteiger charge is 2.28. The number of urea groups is 1. The van der Waals surface area contributed by atoms with E-state index in [9.17, 15) is 9.90 Å². The van der Waals surface area contributed by atoms with Crippen molar-refractivity contribution in [3.05, 3.63) is 54.4 Å². The Labute approximate surface area is 148 Å². The zero-order chi connectivity index (χ0) is 17.5. The Kier molecular flexibility index (Phi) is 6.06. The number of nitrogens with zero attached hydrogens (tertiary/aromatic N) is 2. The van der Waals surface area contributed by atoms with Crippen LogP contribution in [-0.2, 0) is 6.42 Å². The van der Waals surface area contributed by atoms with Gasteiger partial charge in [0.15, 0.2) is 0 Å². The molecule has 0 spiro atoms. The lowest BCUT2D eigenvalue weighted by Crippen LogP contribution is -2.49. The summed E-state index contributed by atoms with van der Waals surface area (Å²) in [6, 6.07) is 11.7. The summed E-state index contributed by atoms with van der Waals surface area (Å²) in [7, 11) is 0. The van der Waals surface area contributed by atoms with Gasteiger partial charge in [-0.05, 0) is 24.5 Å². The number of amides is 2. The van der Waals surface area contributed by atoms with Crippen molar-refractivity contribution < 1.29 is 9.90 Å². The van der Waals surface area contributed by atoms with E-state index in [-0.39, 0.29) is 24.7 Å². The van der Waals surface area contributed by atoms with Crippen LogP contribution in [0.25, 0.3) is 0 Å². The third-order valence-corrected chi connectivity index (χ3v) is 4.72. The van der Waals surface area contributed by atoms with Crippen LogP contribution in [-0.4, -0.2) is 39.6 Å². The molecule has 134 valence electrons. The quantitative estimate of drug-likeness (QED) is 0.753. The minimum Gasteiger partial charge on any atom is -0.391 e. The second-order valence-electron chi connectivity index (χ2n) is 6.64. The first-order chi connectivity index (χ1) is 12.2. The maximum atomic E-state index is 12.2. The Morgan fingerprint density at radius 3 is 2.80 bits per heavy atom. The standard InChI is InChI=1S/C19H26N4O2/c24-16(13-15-7-2-1-3-8-15)14-20-19(25)22-17-9-4-5-10-18(17)23-12-6-11-21-23/h1-3,6-8,11-12,16-18,24H,4-5,9-10,13-14H2,(H2,20,22,25)/t16-,17+,18-/m1/s1. The number of hydrogen-bond acceptors (Lipinski definition) is 3. The molecule has 1 heterocycles. The second-order valence-corrected chi connectivity index (χ2v) is 6.64. The van der Waals surface area contributed by atoms with Gasteiger partial charge in [0.2, 0.25) is 0 Å². The van der Waals surface area contributed by atoms with Gasteiger partial charge in [0.25, 0.3) is 0 Å². The third kappa shape index (κ3) is 5.06. The van der Waals surface area contributed by atoms with Crippen molar-refractivity contribution in [3.63, 3.8) is 0 Å². The van der Waals surface area contributed by atoms with Crippen LogP contribution in [0.4, 0.5) is 4.79 Å². The molecule has 0 bridgehead atoms. The number of rotatable bonds is 6. The Morgan fingerprint density at radius 1 is 1.24 bits per heavy atom. The van der Waals surface area contributed by atoms with Crippen LogP contribution in [0.1, 0.15) is 37.3 Å². The van der Waals surface area contributed by atoms with Gasteiger partial charge >= 0.3 is 6.03 Å². The monoisotopic (exact) mass is 342 g/mol. The van der Waals surface area contributed by atoms with E-state index < -0.39 is 6.10 Å². The summed E-state index contributed by atoms with van der Waals surface area (Å²) in [4.78, 5) is 12.2. The van der Waals surface area contributed by atoms with Gasteiger partial charge in [-0.25, -0.2) is 4.79 Å². The van der Waals surface area contributed by atoms with Gasteiger partial charge < -0.3 is 15.7 Å². The zero-order valence-corrected chi connectivity index (χ0v) is 14.3. The molecule has 6 nitrogen and oxygen atoms in total. The molecule has 1 fully saturated rings. The van der Waals surface area contributed by atoms with E-state index in [1.165, 1.54) is 0 Å². The average molecular weight is 342 g/mol. The number of nitrogens with one attached hydrogen (secondary N) is 2. The van der Waals surface area contributed by atoms with E-state index in [0.29, 0.717) is 6.42 Å². The first-order valence-corrected chi connectivity index (χ1v) is 8.98. The predicted molar refractivity (Wildman–Crippen MR) is 96.2 cm³/mol. The minimum atomic E-state index is -0.596.